The molecule has 106 valence electrons. The number of rotatable bonds is 4. The zero-order valence-corrected chi connectivity index (χ0v) is 12.0. The fourth-order valence-corrected chi connectivity index (χ4v) is 2.60. The van der Waals surface area contributed by atoms with Crippen LogP contribution in [0, 0.1) is 5.82 Å². The van der Waals surface area contributed by atoms with Crippen molar-refractivity contribution in [2.75, 3.05) is 26.1 Å². The largest absolute Gasteiger partial charge is 0.494 e. The van der Waals surface area contributed by atoms with E-state index in [1.807, 2.05) is 6.92 Å². The summed E-state index contributed by atoms with van der Waals surface area (Å²) in [4.78, 5) is 2.17. The Kier molecular flexibility index (Phi) is 5.02. The lowest BCUT2D eigenvalue weighted by Gasteiger charge is -2.36. The Morgan fingerprint density at radius 1 is 1.47 bits per heavy atom. The second kappa shape index (κ2) is 6.55. The zero-order chi connectivity index (χ0) is 13.8. The van der Waals surface area contributed by atoms with Crippen molar-refractivity contribution in [2.45, 2.75) is 25.7 Å². The zero-order valence-electron chi connectivity index (χ0n) is 11.2. The predicted molar refractivity (Wildman–Crippen MR) is 73.3 cm³/mol. The van der Waals surface area contributed by atoms with Crippen molar-refractivity contribution in [3.8, 4) is 5.75 Å². The molecule has 1 aromatic carbocycles. The topological polar surface area (TPSA) is 21.7 Å². The second-order valence-corrected chi connectivity index (χ2v) is 5.16. The number of alkyl halides is 1. The molecule has 2 atom stereocenters. The summed E-state index contributed by atoms with van der Waals surface area (Å²) in [5.74, 6) is 0.459. The van der Waals surface area contributed by atoms with Gasteiger partial charge in [-0.25, -0.2) is 4.39 Å². The molecule has 1 fully saturated rings. The number of hydrogen-bond acceptors (Lipinski definition) is 3. The molecule has 0 bridgehead atoms. The van der Waals surface area contributed by atoms with E-state index >= 15 is 0 Å². The molecular weight excluding hydrogens is 269 g/mol. The molecule has 3 nitrogen and oxygen atoms in total. The number of ether oxygens (including phenoxy) is 2. The van der Waals surface area contributed by atoms with Crippen LogP contribution in [0.1, 0.15) is 12.5 Å². The highest BCUT2D eigenvalue weighted by atomic mass is 35.5. The molecule has 0 saturated carbocycles. The lowest BCUT2D eigenvalue weighted by atomic mass is 10.1. The molecule has 0 radical (unpaired) electrons. The van der Waals surface area contributed by atoms with Crippen LogP contribution in [0.15, 0.2) is 18.2 Å². The van der Waals surface area contributed by atoms with Crippen LogP contribution >= 0.6 is 11.6 Å². The fourth-order valence-electron chi connectivity index (χ4n) is 2.43. The highest BCUT2D eigenvalue weighted by molar-refractivity contribution is 6.18. The third-order valence-corrected chi connectivity index (χ3v) is 3.58. The number of methoxy groups -OCH3 is 1. The number of hydrogen-bond donors (Lipinski definition) is 0. The number of nitrogens with zero attached hydrogens (tertiary/aromatic N) is 1. The maximum Gasteiger partial charge on any atom is 0.169 e. The highest BCUT2D eigenvalue weighted by Crippen LogP contribution is 2.22. The van der Waals surface area contributed by atoms with Gasteiger partial charge in [0.1, 0.15) is 0 Å². The quantitative estimate of drug-likeness (QED) is 0.795. The van der Waals surface area contributed by atoms with Crippen molar-refractivity contribution >= 4 is 11.6 Å². The van der Waals surface area contributed by atoms with Crippen LogP contribution in [0.2, 0.25) is 0 Å². The van der Waals surface area contributed by atoms with Gasteiger partial charge < -0.3 is 9.47 Å². The summed E-state index contributed by atoms with van der Waals surface area (Å²) in [5.41, 5.74) is 0.641. The van der Waals surface area contributed by atoms with Gasteiger partial charge in [0, 0.05) is 31.1 Å². The Balaban J connectivity index is 2.08. The molecule has 1 saturated heterocycles. The average Bonchev–Trinajstić information content (AvgIpc) is 2.40. The molecular formula is C14H19ClFNO2. The van der Waals surface area contributed by atoms with Gasteiger partial charge in [0.05, 0.1) is 19.3 Å². The molecule has 2 unspecified atom stereocenters. The van der Waals surface area contributed by atoms with Crippen molar-refractivity contribution in [2.24, 2.45) is 0 Å². The fraction of sp³-hybridized carbons (Fsp3) is 0.571. The molecule has 1 aliphatic rings. The van der Waals surface area contributed by atoms with Crippen LogP contribution in [0.4, 0.5) is 4.39 Å². The maximum atomic E-state index is 14.1. The van der Waals surface area contributed by atoms with Gasteiger partial charge in [0.2, 0.25) is 0 Å². The van der Waals surface area contributed by atoms with E-state index in [0.29, 0.717) is 18.0 Å². The van der Waals surface area contributed by atoms with Crippen molar-refractivity contribution in [1.29, 1.82) is 0 Å². The first-order valence-corrected chi connectivity index (χ1v) is 6.92. The van der Waals surface area contributed by atoms with Crippen molar-refractivity contribution in [1.82, 2.24) is 4.90 Å². The van der Waals surface area contributed by atoms with Gasteiger partial charge >= 0.3 is 0 Å². The first kappa shape index (κ1) is 14.6. The van der Waals surface area contributed by atoms with Crippen molar-refractivity contribution < 1.29 is 13.9 Å². The Morgan fingerprint density at radius 3 is 2.95 bits per heavy atom. The predicted octanol–water partition coefficient (Wildman–Crippen LogP) is 2.66. The van der Waals surface area contributed by atoms with Crippen LogP contribution in [-0.2, 0) is 11.3 Å². The van der Waals surface area contributed by atoms with Crippen LogP contribution < -0.4 is 4.74 Å². The summed E-state index contributed by atoms with van der Waals surface area (Å²) in [5, 5.41) is 0. The van der Waals surface area contributed by atoms with E-state index in [2.05, 4.69) is 4.90 Å². The Hall–Kier alpha value is -0.840. The summed E-state index contributed by atoms with van der Waals surface area (Å²) in [6.07, 6.45) is 0.130. The number of halogens is 2. The van der Waals surface area contributed by atoms with E-state index in [4.69, 9.17) is 21.1 Å². The molecule has 5 heteroatoms. The maximum absolute atomic E-state index is 14.1. The van der Waals surface area contributed by atoms with E-state index in [0.717, 1.165) is 13.1 Å². The summed E-state index contributed by atoms with van der Waals surface area (Å²) < 4.78 is 24.8. The number of benzene rings is 1. The van der Waals surface area contributed by atoms with Gasteiger partial charge in [-0.1, -0.05) is 12.1 Å². The third-order valence-electron chi connectivity index (χ3n) is 3.23. The Bertz CT molecular complexity index is 430. The van der Waals surface area contributed by atoms with Gasteiger partial charge in [0.25, 0.3) is 0 Å². The first-order valence-electron chi connectivity index (χ1n) is 6.39. The normalized spacial score (nSPS) is 24.4. The molecule has 0 aliphatic carbocycles. The summed E-state index contributed by atoms with van der Waals surface area (Å²) in [6, 6.07) is 5.22. The van der Waals surface area contributed by atoms with Crippen molar-refractivity contribution in [3.05, 3.63) is 29.6 Å². The van der Waals surface area contributed by atoms with E-state index in [1.54, 1.807) is 18.2 Å². The molecule has 0 spiro atoms. The lowest BCUT2D eigenvalue weighted by molar-refractivity contribution is -0.0691. The van der Waals surface area contributed by atoms with Gasteiger partial charge in [-0.05, 0) is 13.0 Å². The van der Waals surface area contributed by atoms with Crippen LogP contribution in [-0.4, -0.2) is 43.2 Å². The molecule has 1 aliphatic heterocycles. The first-order chi connectivity index (χ1) is 9.13. The Labute approximate surface area is 118 Å². The molecule has 0 N–H and O–H groups in total. The lowest BCUT2D eigenvalue weighted by Crippen LogP contribution is -2.46. The van der Waals surface area contributed by atoms with E-state index in [9.17, 15) is 4.39 Å². The van der Waals surface area contributed by atoms with Crippen LogP contribution in [0.5, 0.6) is 5.75 Å². The van der Waals surface area contributed by atoms with Gasteiger partial charge in [-0.15, -0.1) is 11.6 Å². The van der Waals surface area contributed by atoms with Crippen molar-refractivity contribution in [3.63, 3.8) is 0 Å². The standard InChI is InChI=1S/C14H19ClFNO2/c1-10-7-17(9-12(6-15)19-10)8-11-4-3-5-13(18-2)14(11)16/h3-5,10,12H,6-9H2,1-2H3. The minimum absolute atomic E-state index is 0.0130. The third kappa shape index (κ3) is 3.59. The van der Waals surface area contributed by atoms with Crippen LogP contribution in [0.25, 0.3) is 0 Å². The Morgan fingerprint density at radius 2 is 2.26 bits per heavy atom. The molecule has 0 aromatic heterocycles. The summed E-state index contributed by atoms with van der Waals surface area (Å²) in [6.45, 7) is 4.06. The van der Waals surface area contributed by atoms with E-state index < -0.39 is 0 Å². The molecule has 1 heterocycles. The SMILES string of the molecule is COc1cccc(CN2CC(C)OC(CCl)C2)c1F. The monoisotopic (exact) mass is 287 g/mol. The second-order valence-electron chi connectivity index (χ2n) is 4.85. The minimum Gasteiger partial charge on any atom is -0.494 e. The molecule has 1 aromatic rings. The average molecular weight is 288 g/mol. The smallest absolute Gasteiger partial charge is 0.169 e. The molecule has 19 heavy (non-hydrogen) atoms. The van der Waals surface area contributed by atoms with Gasteiger partial charge in [-0.2, -0.15) is 0 Å². The molecule has 0 amide bonds. The van der Waals surface area contributed by atoms with Gasteiger partial charge in [0.15, 0.2) is 11.6 Å². The molecule has 2 rings (SSSR count). The number of morpholine rings is 1. The summed E-state index contributed by atoms with van der Waals surface area (Å²) >= 11 is 5.85. The van der Waals surface area contributed by atoms with Gasteiger partial charge in [-0.3, -0.25) is 4.90 Å². The summed E-state index contributed by atoms with van der Waals surface area (Å²) in [7, 11) is 1.47. The van der Waals surface area contributed by atoms with E-state index in [-0.39, 0.29) is 23.8 Å². The van der Waals surface area contributed by atoms with E-state index in [1.165, 1.54) is 7.11 Å². The minimum atomic E-state index is -0.286. The highest BCUT2D eigenvalue weighted by Gasteiger charge is 2.25. The van der Waals surface area contributed by atoms with Crippen LogP contribution in [0.3, 0.4) is 0 Å².